The monoisotopic (exact) mass is 194 g/mol. The number of aryl methyl sites for hydroxylation is 2. The Morgan fingerprint density at radius 3 is 2.14 bits per heavy atom. The summed E-state index contributed by atoms with van der Waals surface area (Å²) in [6.45, 7) is 8.43. The molecule has 0 radical (unpaired) electrons. The van der Waals surface area contributed by atoms with Crippen LogP contribution in [0, 0.1) is 13.8 Å². The average Bonchev–Trinajstić information content (AvgIpc) is 2.10. The van der Waals surface area contributed by atoms with E-state index in [9.17, 15) is 5.11 Å². The first-order valence-electron chi connectivity index (χ1n) is 4.98. The molecule has 1 aromatic carbocycles. The molecular formula is C12H18O2. The number of ether oxygens (including phenoxy) is 1. The molecular weight excluding hydrogens is 176 g/mol. The maximum absolute atomic E-state index is 9.45. The third-order valence-electron chi connectivity index (χ3n) is 2.25. The largest absolute Gasteiger partial charge is 0.493 e. The molecule has 2 heteroatoms. The van der Waals surface area contributed by atoms with Gasteiger partial charge in [-0.3, -0.25) is 0 Å². The summed E-state index contributed by atoms with van der Waals surface area (Å²) >= 11 is 0. The van der Waals surface area contributed by atoms with Gasteiger partial charge in [-0.05, 0) is 56.5 Å². The summed E-state index contributed by atoms with van der Waals surface area (Å²) in [4.78, 5) is 0. The number of hydrogen-bond donors (Lipinski definition) is 1. The zero-order valence-electron chi connectivity index (χ0n) is 9.29. The van der Waals surface area contributed by atoms with Gasteiger partial charge in [0.1, 0.15) is 5.75 Å². The highest BCUT2D eigenvalue weighted by atomic mass is 16.5. The highest BCUT2D eigenvalue weighted by Gasteiger charge is 2.08. The molecule has 0 aromatic heterocycles. The van der Waals surface area contributed by atoms with Crippen molar-refractivity contribution in [2.75, 3.05) is 6.61 Å². The Bertz CT molecular complexity index is 293. The molecule has 1 N–H and O–H groups in total. The van der Waals surface area contributed by atoms with E-state index < -0.39 is 6.10 Å². The molecule has 0 bridgehead atoms. The smallest absolute Gasteiger partial charge is 0.125 e. The van der Waals surface area contributed by atoms with Crippen molar-refractivity contribution in [3.05, 3.63) is 28.8 Å². The van der Waals surface area contributed by atoms with Crippen molar-refractivity contribution in [1.29, 1.82) is 0 Å². The lowest BCUT2D eigenvalue weighted by Crippen LogP contribution is -1.99. The average molecular weight is 194 g/mol. The van der Waals surface area contributed by atoms with Crippen LogP contribution < -0.4 is 4.74 Å². The van der Waals surface area contributed by atoms with Gasteiger partial charge in [0.05, 0.1) is 12.7 Å². The minimum Gasteiger partial charge on any atom is -0.493 e. The molecule has 0 aliphatic carbocycles. The Kier molecular flexibility index (Phi) is 3.53. The van der Waals surface area contributed by atoms with Gasteiger partial charge in [0, 0.05) is 0 Å². The van der Waals surface area contributed by atoms with Gasteiger partial charge in [-0.15, -0.1) is 0 Å². The van der Waals surface area contributed by atoms with E-state index in [1.165, 1.54) is 0 Å². The van der Waals surface area contributed by atoms with Crippen LogP contribution in [0.3, 0.4) is 0 Å². The molecule has 0 fully saturated rings. The van der Waals surface area contributed by atoms with E-state index in [0.717, 1.165) is 22.4 Å². The fourth-order valence-electron chi connectivity index (χ4n) is 1.60. The highest BCUT2D eigenvalue weighted by Crippen LogP contribution is 2.27. The minimum absolute atomic E-state index is 0.414. The number of aliphatic hydroxyl groups excluding tert-OH is 1. The van der Waals surface area contributed by atoms with E-state index in [1.807, 2.05) is 32.9 Å². The molecule has 0 aliphatic rings. The predicted molar refractivity (Wildman–Crippen MR) is 57.7 cm³/mol. The highest BCUT2D eigenvalue weighted by molar-refractivity contribution is 5.43. The minimum atomic E-state index is -0.414. The number of benzene rings is 1. The second kappa shape index (κ2) is 4.47. The van der Waals surface area contributed by atoms with Crippen molar-refractivity contribution in [3.63, 3.8) is 0 Å². The van der Waals surface area contributed by atoms with Crippen molar-refractivity contribution in [1.82, 2.24) is 0 Å². The first-order valence-corrected chi connectivity index (χ1v) is 4.98. The molecule has 0 heterocycles. The summed E-state index contributed by atoms with van der Waals surface area (Å²) in [5.74, 6) is 0.942. The molecule has 14 heavy (non-hydrogen) atoms. The zero-order chi connectivity index (χ0) is 10.7. The normalized spacial score (nSPS) is 12.6. The quantitative estimate of drug-likeness (QED) is 0.801. The molecule has 1 aromatic rings. The van der Waals surface area contributed by atoms with Crippen molar-refractivity contribution in [2.45, 2.75) is 33.8 Å². The first kappa shape index (κ1) is 11.1. The number of rotatable bonds is 3. The Morgan fingerprint density at radius 1 is 1.29 bits per heavy atom. The maximum atomic E-state index is 9.45. The molecule has 0 saturated heterocycles. The Balaban J connectivity index is 3.11. The van der Waals surface area contributed by atoms with Crippen molar-refractivity contribution in [2.24, 2.45) is 0 Å². The summed E-state index contributed by atoms with van der Waals surface area (Å²) in [5.41, 5.74) is 3.12. The summed E-state index contributed by atoms with van der Waals surface area (Å²) < 4.78 is 5.52. The molecule has 1 atom stereocenters. The Morgan fingerprint density at radius 2 is 1.79 bits per heavy atom. The van der Waals surface area contributed by atoms with Crippen LogP contribution in [0.25, 0.3) is 0 Å². The van der Waals surface area contributed by atoms with Crippen molar-refractivity contribution >= 4 is 0 Å². The Hall–Kier alpha value is -1.02. The summed E-state index contributed by atoms with van der Waals surface area (Å²) in [7, 11) is 0. The molecule has 2 nitrogen and oxygen atoms in total. The van der Waals surface area contributed by atoms with Crippen LogP contribution in [0.2, 0.25) is 0 Å². The van der Waals surface area contributed by atoms with E-state index in [2.05, 4.69) is 0 Å². The van der Waals surface area contributed by atoms with Gasteiger partial charge < -0.3 is 9.84 Å². The lowest BCUT2D eigenvalue weighted by atomic mass is 10.0. The van der Waals surface area contributed by atoms with Crippen LogP contribution in [0.15, 0.2) is 12.1 Å². The van der Waals surface area contributed by atoms with Crippen LogP contribution >= 0.6 is 0 Å². The van der Waals surface area contributed by atoms with Gasteiger partial charge in [0.15, 0.2) is 0 Å². The standard InChI is InChI=1S/C12H18O2/c1-5-14-12-8(2)6-11(10(4)13)7-9(12)3/h6-7,10,13H,5H2,1-4H3. The molecule has 0 spiro atoms. The SMILES string of the molecule is CCOc1c(C)cc(C(C)O)cc1C. The predicted octanol–water partition coefficient (Wildman–Crippen LogP) is 2.76. The van der Waals surface area contributed by atoms with E-state index in [1.54, 1.807) is 6.92 Å². The van der Waals surface area contributed by atoms with Crippen LogP contribution in [0.1, 0.15) is 36.6 Å². The lowest BCUT2D eigenvalue weighted by Gasteiger charge is -2.14. The maximum Gasteiger partial charge on any atom is 0.125 e. The number of aliphatic hydroxyl groups is 1. The van der Waals surface area contributed by atoms with Gasteiger partial charge in [0.2, 0.25) is 0 Å². The van der Waals surface area contributed by atoms with Crippen molar-refractivity contribution in [3.8, 4) is 5.75 Å². The molecule has 0 aliphatic heterocycles. The van der Waals surface area contributed by atoms with E-state index >= 15 is 0 Å². The Labute approximate surface area is 85.5 Å². The molecule has 0 amide bonds. The van der Waals surface area contributed by atoms with Gasteiger partial charge in [-0.1, -0.05) is 0 Å². The van der Waals surface area contributed by atoms with Crippen LogP contribution in [0.4, 0.5) is 0 Å². The van der Waals surface area contributed by atoms with Gasteiger partial charge in [0.25, 0.3) is 0 Å². The third-order valence-corrected chi connectivity index (χ3v) is 2.25. The summed E-state index contributed by atoms with van der Waals surface area (Å²) in [5, 5.41) is 9.45. The zero-order valence-corrected chi connectivity index (χ0v) is 9.29. The van der Waals surface area contributed by atoms with Gasteiger partial charge >= 0.3 is 0 Å². The first-order chi connectivity index (χ1) is 6.56. The molecule has 78 valence electrons. The van der Waals surface area contributed by atoms with Crippen LogP contribution in [-0.4, -0.2) is 11.7 Å². The summed E-state index contributed by atoms with van der Waals surface area (Å²) in [6.07, 6.45) is -0.414. The summed E-state index contributed by atoms with van der Waals surface area (Å²) in [6, 6.07) is 3.95. The van der Waals surface area contributed by atoms with Crippen molar-refractivity contribution < 1.29 is 9.84 Å². The molecule has 1 rings (SSSR count). The van der Waals surface area contributed by atoms with E-state index in [0.29, 0.717) is 6.61 Å². The topological polar surface area (TPSA) is 29.5 Å². The lowest BCUT2D eigenvalue weighted by molar-refractivity contribution is 0.199. The second-order valence-electron chi connectivity index (χ2n) is 3.59. The van der Waals surface area contributed by atoms with Gasteiger partial charge in [-0.2, -0.15) is 0 Å². The van der Waals surface area contributed by atoms with Gasteiger partial charge in [-0.25, -0.2) is 0 Å². The fourth-order valence-corrected chi connectivity index (χ4v) is 1.60. The molecule has 1 unspecified atom stereocenters. The van der Waals surface area contributed by atoms with Crippen LogP contribution in [0.5, 0.6) is 5.75 Å². The van der Waals surface area contributed by atoms with E-state index in [4.69, 9.17) is 4.74 Å². The fraction of sp³-hybridized carbons (Fsp3) is 0.500. The van der Waals surface area contributed by atoms with E-state index in [-0.39, 0.29) is 0 Å². The number of hydrogen-bond acceptors (Lipinski definition) is 2. The third kappa shape index (κ3) is 2.26. The van der Waals surface area contributed by atoms with Crippen LogP contribution in [-0.2, 0) is 0 Å². The second-order valence-corrected chi connectivity index (χ2v) is 3.59. The molecule has 0 saturated carbocycles.